The van der Waals surface area contributed by atoms with Crippen molar-refractivity contribution in [1.82, 2.24) is 10.3 Å². The Labute approximate surface area is 140 Å². The van der Waals surface area contributed by atoms with Crippen molar-refractivity contribution in [2.75, 3.05) is 18.9 Å². The number of carbonyl (C=O) groups is 1. The van der Waals surface area contributed by atoms with E-state index < -0.39 is 4.92 Å². The van der Waals surface area contributed by atoms with Crippen molar-refractivity contribution in [3.8, 4) is 0 Å². The van der Waals surface area contributed by atoms with Crippen LogP contribution in [0, 0.1) is 10.1 Å². The van der Waals surface area contributed by atoms with Crippen molar-refractivity contribution in [2.45, 2.75) is 23.3 Å². The summed E-state index contributed by atoms with van der Waals surface area (Å²) in [5.41, 5.74) is 0.759. The molecule has 0 radical (unpaired) electrons. The Balaban J connectivity index is 1.54. The molecule has 0 spiro atoms. The van der Waals surface area contributed by atoms with Crippen molar-refractivity contribution in [3.63, 3.8) is 0 Å². The third-order valence-corrected chi connectivity index (χ3v) is 5.60. The molecule has 1 atom stereocenters. The highest BCUT2D eigenvalue weighted by Gasteiger charge is 2.16. The van der Waals surface area contributed by atoms with E-state index in [0.717, 1.165) is 28.5 Å². The molecule has 1 N–H and O–H groups in total. The van der Waals surface area contributed by atoms with Gasteiger partial charge in [-0.25, -0.2) is 4.98 Å². The van der Waals surface area contributed by atoms with Gasteiger partial charge in [0.05, 0.1) is 27.0 Å². The van der Waals surface area contributed by atoms with Crippen LogP contribution in [0.3, 0.4) is 0 Å². The molecule has 0 bridgehead atoms. The molecule has 1 aliphatic heterocycles. The molecule has 1 amide bonds. The molecule has 9 heteroatoms. The maximum absolute atomic E-state index is 11.8. The highest BCUT2D eigenvalue weighted by molar-refractivity contribution is 8.01. The molecule has 1 aromatic carbocycles. The predicted octanol–water partition coefficient (Wildman–Crippen LogP) is 2.59. The first-order chi connectivity index (χ1) is 11.1. The van der Waals surface area contributed by atoms with E-state index in [9.17, 15) is 14.9 Å². The molecule has 2 heterocycles. The van der Waals surface area contributed by atoms with Crippen LogP contribution in [0.4, 0.5) is 5.69 Å². The normalized spacial score (nSPS) is 17.5. The molecule has 7 nitrogen and oxygen atoms in total. The number of nitrogens with zero attached hydrogens (tertiary/aromatic N) is 2. The zero-order chi connectivity index (χ0) is 16.2. The summed E-state index contributed by atoms with van der Waals surface area (Å²) in [4.78, 5) is 26.6. The number of rotatable bonds is 6. The van der Waals surface area contributed by atoms with Gasteiger partial charge in [-0.2, -0.15) is 0 Å². The lowest BCUT2D eigenvalue weighted by molar-refractivity contribution is -0.384. The summed E-state index contributed by atoms with van der Waals surface area (Å²) in [6.07, 6.45) is 2.17. The summed E-state index contributed by atoms with van der Waals surface area (Å²) in [6.45, 7) is 1.32. The Bertz CT molecular complexity index is 728. The molecule has 1 aliphatic rings. The minimum atomic E-state index is -0.426. The van der Waals surface area contributed by atoms with Crippen LogP contribution in [0.1, 0.15) is 12.8 Å². The number of nitro benzene ring substituents is 1. The Morgan fingerprint density at radius 2 is 2.43 bits per heavy atom. The lowest BCUT2D eigenvalue weighted by Gasteiger charge is -2.09. The summed E-state index contributed by atoms with van der Waals surface area (Å²) in [7, 11) is 0. The second-order valence-corrected chi connectivity index (χ2v) is 7.37. The predicted molar refractivity (Wildman–Crippen MR) is 89.0 cm³/mol. The van der Waals surface area contributed by atoms with Gasteiger partial charge in [-0.15, -0.1) is 11.3 Å². The molecule has 1 fully saturated rings. The van der Waals surface area contributed by atoms with Crippen LogP contribution in [0.25, 0.3) is 10.2 Å². The molecule has 122 valence electrons. The number of non-ortho nitro benzene ring substituents is 1. The lowest BCUT2D eigenvalue weighted by Crippen LogP contribution is -2.32. The first-order valence-corrected chi connectivity index (χ1v) is 8.98. The number of fused-ring (bicyclic) bond motifs is 1. The summed E-state index contributed by atoms with van der Waals surface area (Å²) in [5.74, 6) is 0.213. The number of benzene rings is 1. The van der Waals surface area contributed by atoms with Gasteiger partial charge in [0.25, 0.3) is 5.69 Å². The molecule has 0 aliphatic carbocycles. The topological polar surface area (TPSA) is 94.4 Å². The molecule has 23 heavy (non-hydrogen) atoms. The first kappa shape index (κ1) is 16.2. The van der Waals surface area contributed by atoms with Gasteiger partial charge in [-0.3, -0.25) is 14.9 Å². The Morgan fingerprint density at radius 1 is 1.57 bits per heavy atom. The van der Waals surface area contributed by atoms with Gasteiger partial charge < -0.3 is 10.1 Å². The maximum Gasteiger partial charge on any atom is 0.270 e. The van der Waals surface area contributed by atoms with Crippen LogP contribution >= 0.6 is 23.1 Å². The SMILES string of the molecule is O=C(CSc1nc2ccc([N+](=O)[O-])cc2s1)NC[C@@H]1CCCO1. The van der Waals surface area contributed by atoms with Crippen LogP contribution in [0.5, 0.6) is 0 Å². The maximum atomic E-state index is 11.8. The highest BCUT2D eigenvalue weighted by atomic mass is 32.2. The average molecular weight is 353 g/mol. The second-order valence-electron chi connectivity index (χ2n) is 5.12. The molecule has 3 rings (SSSR count). The fourth-order valence-corrected chi connectivity index (χ4v) is 4.21. The standard InChI is InChI=1S/C14H15N3O4S2/c18-13(15-7-10-2-1-5-21-10)8-22-14-16-11-4-3-9(17(19)20)6-12(11)23-14/h3-4,6,10H,1-2,5,7-8H2,(H,15,18)/t10-/m0/s1. The van der Waals surface area contributed by atoms with E-state index in [1.165, 1.54) is 35.2 Å². The van der Waals surface area contributed by atoms with Gasteiger partial charge >= 0.3 is 0 Å². The van der Waals surface area contributed by atoms with Gasteiger partial charge in [0.15, 0.2) is 4.34 Å². The number of nitrogens with one attached hydrogen (secondary N) is 1. The Hall–Kier alpha value is -1.71. The van der Waals surface area contributed by atoms with E-state index in [-0.39, 0.29) is 23.5 Å². The largest absolute Gasteiger partial charge is 0.376 e. The third kappa shape index (κ3) is 4.18. The number of hydrogen-bond acceptors (Lipinski definition) is 7. The summed E-state index contributed by atoms with van der Waals surface area (Å²) < 4.78 is 6.93. The Morgan fingerprint density at radius 3 is 3.17 bits per heavy atom. The van der Waals surface area contributed by atoms with Crippen LogP contribution in [-0.4, -0.2) is 40.8 Å². The number of aromatic nitrogens is 1. The zero-order valence-corrected chi connectivity index (χ0v) is 13.8. The number of carbonyl (C=O) groups excluding carboxylic acids is 1. The number of hydrogen-bond donors (Lipinski definition) is 1. The van der Waals surface area contributed by atoms with E-state index in [1.807, 2.05) is 0 Å². The quantitative estimate of drug-likeness (QED) is 0.487. The van der Waals surface area contributed by atoms with Crippen molar-refractivity contribution >= 4 is 44.9 Å². The summed E-state index contributed by atoms with van der Waals surface area (Å²) in [5, 5.41) is 13.6. The van der Waals surface area contributed by atoms with Crippen molar-refractivity contribution in [1.29, 1.82) is 0 Å². The third-order valence-electron chi connectivity index (χ3n) is 3.44. The van der Waals surface area contributed by atoms with Crippen molar-refractivity contribution in [2.24, 2.45) is 0 Å². The Kier molecular flexibility index (Phi) is 5.09. The van der Waals surface area contributed by atoms with Crippen LogP contribution < -0.4 is 5.32 Å². The van der Waals surface area contributed by atoms with Gasteiger partial charge in [-0.1, -0.05) is 11.8 Å². The van der Waals surface area contributed by atoms with Gasteiger partial charge in [-0.05, 0) is 18.9 Å². The number of nitro groups is 1. The molecule has 2 aromatic rings. The smallest absolute Gasteiger partial charge is 0.270 e. The van der Waals surface area contributed by atoms with E-state index in [0.29, 0.717) is 12.1 Å². The monoisotopic (exact) mass is 353 g/mol. The minimum Gasteiger partial charge on any atom is -0.376 e. The van der Waals surface area contributed by atoms with Crippen LogP contribution in [0.2, 0.25) is 0 Å². The first-order valence-electron chi connectivity index (χ1n) is 7.18. The van der Waals surface area contributed by atoms with Crippen LogP contribution in [-0.2, 0) is 9.53 Å². The number of amides is 1. The number of thiazole rings is 1. The van der Waals surface area contributed by atoms with E-state index >= 15 is 0 Å². The average Bonchev–Trinajstić information content (AvgIpc) is 3.18. The van der Waals surface area contributed by atoms with Crippen LogP contribution in [0.15, 0.2) is 22.5 Å². The molecule has 0 saturated carbocycles. The van der Waals surface area contributed by atoms with Gasteiger partial charge in [0.2, 0.25) is 5.91 Å². The summed E-state index contributed by atoms with van der Waals surface area (Å²) >= 11 is 2.69. The van der Waals surface area contributed by atoms with E-state index in [2.05, 4.69) is 10.3 Å². The number of ether oxygens (including phenoxy) is 1. The highest BCUT2D eigenvalue weighted by Crippen LogP contribution is 2.31. The van der Waals surface area contributed by atoms with E-state index in [1.54, 1.807) is 6.07 Å². The molecule has 1 aromatic heterocycles. The van der Waals surface area contributed by atoms with Crippen molar-refractivity contribution < 1.29 is 14.5 Å². The second kappa shape index (κ2) is 7.24. The van der Waals surface area contributed by atoms with Gasteiger partial charge in [0, 0.05) is 25.3 Å². The fraction of sp³-hybridized carbons (Fsp3) is 0.429. The molecular formula is C14H15N3O4S2. The molecular weight excluding hydrogens is 338 g/mol. The van der Waals surface area contributed by atoms with Gasteiger partial charge in [0.1, 0.15) is 0 Å². The minimum absolute atomic E-state index is 0.0482. The van der Waals surface area contributed by atoms with E-state index in [4.69, 9.17) is 4.74 Å². The number of thioether (sulfide) groups is 1. The molecule has 1 saturated heterocycles. The molecule has 0 unspecified atom stereocenters. The summed E-state index contributed by atoms with van der Waals surface area (Å²) in [6, 6.07) is 4.57. The lowest BCUT2D eigenvalue weighted by atomic mass is 10.2. The fourth-order valence-electron chi connectivity index (χ4n) is 2.28. The zero-order valence-electron chi connectivity index (χ0n) is 12.2. The van der Waals surface area contributed by atoms with Crippen molar-refractivity contribution in [3.05, 3.63) is 28.3 Å².